The normalized spacial score (nSPS) is 41.1. The predicted octanol–water partition coefficient (Wildman–Crippen LogP) is 3.47. The van der Waals surface area contributed by atoms with Gasteiger partial charge in [-0.2, -0.15) is 0 Å². The summed E-state index contributed by atoms with van der Waals surface area (Å²) in [6, 6.07) is 0. The molecule has 2 aliphatic carbocycles. The van der Waals surface area contributed by atoms with Crippen LogP contribution in [0.25, 0.3) is 0 Å². The second-order valence-electron chi connectivity index (χ2n) is 6.80. The van der Waals surface area contributed by atoms with Crippen LogP contribution in [0.1, 0.15) is 44.9 Å². The van der Waals surface area contributed by atoms with Crippen LogP contribution in [0.15, 0.2) is 0 Å². The number of hydrogen-bond donors (Lipinski definition) is 0. The quantitative estimate of drug-likeness (QED) is 0.556. The van der Waals surface area contributed by atoms with Crippen molar-refractivity contribution in [1.82, 2.24) is 0 Å². The van der Waals surface area contributed by atoms with Crippen LogP contribution in [0, 0.1) is 0 Å². The molecule has 1 heterocycles. The Kier molecular flexibility index (Phi) is 2.34. The molecule has 0 aromatic carbocycles. The Morgan fingerprint density at radius 2 is 1.81 bits per heavy atom. The summed E-state index contributed by atoms with van der Waals surface area (Å²) in [5, 5.41) is 0. The van der Waals surface area contributed by atoms with Gasteiger partial charge in [-0.3, -0.25) is 0 Å². The first-order valence-corrected chi connectivity index (χ1v) is 10.3. The molecule has 1 saturated heterocycles. The zero-order valence-electron chi connectivity index (χ0n) is 10.8. The number of hydrogen-bond acceptors (Lipinski definition) is 2. The Morgan fingerprint density at radius 1 is 1.06 bits per heavy atom. The van der Waals surface area contributed by atoms with E-state index < -0.39 is 8.32 Å². The van der Waals surface area contributed by atoms with Gasteiger partial charge >= 0.3 is 0 Å². The molecule has 2 atom stereocenters. The predicted molar refractivity (Wildman–Crippen MR) is 67.1 cm³/mol. The molecule has 2 saturated carbocycles. The number of epoxide rings is 1. The van der Waals surface area contributed by atoms with Crippen molar-refractivity contribution >= 4 is 8.32 Å². The molecule has 0 radical (unpaired) electrons. The van der Waals surface area contributed by atoms with E-state index >= 15 is 0 Å². The monoisotopic (exact) mass is 240 g/mol. The van der Waals surface area contributed by atoms with E-state index in [0.29, 0.717) is 6.10 Å². The van der Waals surface area contributed by atoms with Gasteiger partial charge in [-0.1, -0.05) is 12.8 Å². The number of rotatable bonds is 3. The Labute approximate surface area is 99.8 Å². The van der Waals surface area contributed by atoms with Gasteiger partial charge in [-0.25, -0.2) is 0 Å². The fourth-order valence-electron chi connectivity index (χ4n) is 3.77. The van der Waals surface area contributed by atoms with Gasteiger partial charge in [0.25, 0.3) is 0 Å². The molecule has 0 spiro atoms. The second-order valence-corrected chi connectivity index (χ2v) is 11.2. The Morgan fingerprint density at radius 3 is 2.31 bits per heavy atom. The van der Waals surface area contributed by atoms with Crippen LogP contribution in [-0.2, 0) is 9.16 Å². The molecule has 3 fully saturated rings. The molecule has 3 aliphatic rings. The smallest absolute Gasteiger partial charge is 0.184 e. The number of fused-ring (bicyclic) bond motifs is 1. The molecule has 3 rings (SSSR count). The molecular formula is C13H24O2Si. The van der Waals surface area contributed by atoms with Crippen molar-refractivity contribution in [3.8, 4) is 0 Å². The van der Waals surface area contributed by atoms with E-state index in [2.05, 4.69) is 19.6 Å². The zero-order chi connectivity index (χ0) is 11.4. The fourth-order valence-corrected chi connectivity index (χ4v) is 5.32. The van der Waals surface area contributed by atoms with E-state index in [-0.39, 0.29) is 11.2 Å². The third-order valence-corrected chi connectivity index (χ3v) is 5.52. The Balaban J connectivity index is 1.80. The summed E-state index contributed by atoms with van der Waals surface area (Å²) < 4.78 is 12.7. The maximum absolute atomic E-state index is 6.56. The minimum Gasteiger partial charge on any atom is -0.409 e. The van der Waals surface area contributed by atoms with Crippen molar-refractivity contribution in [2.75, 3.05) is 0 Å². The van der Waals surface area contributed by atoms with Crippen LogP contribution in [0.5, 0.6) is 0 Å². The first-order chi connectivity index (χ1) is 7.48. The maximum atomic E-state index is 6.56. The topological polar surface area (TPSA) is 21.8 Å². The lowest BCUT2D eigenvalue weighted by Crippen LogP contribution is -2.59. The van der Waals surface area contributed by atoms with Gasteiger partial charge in [-0.05, 0) is 51.7 Å². The fraction of sp³-hybridized carbons (Fsp3) is 1.00. The Bertz CT molecular complexity index is 293. The van der Waals surface area contributed by atoms with Gasteiger partial charge in [-0.15, -0.1) is 0 Å². The molecule has 3 heteroatoms. The van der Waals surface area contributed by atoms with E-state index in [9.17, 15) is 0 Å². The van der Waals surface area contributed by atoms with E-state index in [1.54, 1.807) is 0 Å². The van der Waals surface area contributed by atoms with Crippen LogP contribution in [0.4, 0.5) is 0 Å². The summed E-state index contributed by atoms with van der Waals surface area (Å²) in [5.41, 5.74) is 0.284. The molecule has 0 amide bonds. The molecule has 2 unspecified atom stereocenters. The first kappa shape index (κ1) is 11.2. The van der Waals surface area contributed by atoms with Gasteiger partial charge in [0, 0.05) is 0 Å². The van der Waals surface area contributed by atoms with Gasteiger partial charge < -0.3 is 9.16 Å². The maximum Gasteiger partial charge on any atom is 0.184 e. The molecular weight excluding hydrogens is 216 g/mol. The summed E-state index contributed by atoms with van der Waals surface area (Å²) in [5.74, 6) is 0. The van der Waals surface area contributed by atoms with Crippen LogP contribution < -0.4 is 0 Å². The average molecular weight is 240 g/mol. The highest BCUT2D eigenvalue weighted by Gasteiger charge is 2.71. The lowest BCUT2D eigenvalue weighted by atomic mass is 9.66. The van der Waals surface area contributed by atoms with Gasteiger partial charge in [0.05, 0.1) is 11.7 Å². The Hall–Kier alpha value is 0.137. The minimum atomic E-state index is -1.45. The molecule has 92 valence electrons. The van der Waals surface area contributed by atoms with Gasteiger partial charge in [0.2, 0.25) is 0 Å². The van der Waals surface area contributed by atoms with Crippen LogP contribution in [0.2, 0.25) is 19.6 Å². The summed E-state index contributed by atoms with van der Waals surface area (Å²) in [6.45, 7) is 6.93. The average Bonchev–Trinajstić information content (AvgIpc) is 2.85. The second kappa shape index (κ2) is 3.33. The number of ether oxygens (including phenoxy) is 1. The highest BCUT2D eigenvalue weighted by Crippen LogP contribution is 2.62. The third-order valence-electron chi connectivity index (χ3n) is 4.51. The summed E-state index contributed by atoms with van der Waals surface area (Å²) in [7, 11) is -1.45. The van der Waals surface area contributed by atoms with Crippen LogP contribution in [0.3, 0.4) is 0 Å². The summed E-state index contributed by atoms with van der Waals surface area (Å²) >= 11 is 0. The lowest BCUT2D eigenvalue weighted by Gasteiger charge is -2.50. The molecule has 1 aliphatic heterocycles. The zero-order valence-corrected chi connectivity index (χ0v) is 11.8. The molecule has 16 heavy (non-hydrogen) atoms. The SMILES string of the molecule is C[Si](C)(C)OC1(C23CCCCC2O3)CCC1. The highest BCUT2D eigenvalue weighted by molar-refractivity contribution is 6.69. The highest BCUT2D eigenvalue weighted by atomic mass is 28.4. The summed E-state index contributed by atoms with van der Waals surface area (Å²) in [6.07, 6.45) is 9.59. The summed E-state index contributed by atoms with van der Waals surface area (Å²) in [4.78, 5) is 0. The first-order valence-electron chi connectivity index (χ1n) is 6.86. The van der Waals surface area contributed by atoms with Gasteiger partial charge in [0.15, 0.2) is 8.32 Å². The minimum absolute atomic E-state index is 0.128. The van der Waals surface area contributed by atoms with Crippen molar-refractivity contribution in [2.45, 2.75) is 81.9 Å². The van der Waals surface area contributed by atoms with Crippen molar-refractivity contribution in [2.24, 2.45) is 0 Å². The molecule has 0 aromatic heterocycles. The van der Waals surface area contributed by atoms with Crippen LogP contribution >= 0.6 is 0 Å². The van der Waals surface area contributed by atoms with E-state index in [4.69, 9.17) is 9.16 Å². The van der Waals surface area contributed by atoms with Crippen molar-refractivity contribution in [3.05, 3.63) is 0 Å². The van der Waals surface area contributed by atoms with Crippen molar-refractivity contribution in [3.63, 3.8) is 0 Å². The van der Waals surface area contributed by atoms with Crippen molar-refractivity contribution < 1.29 is 9.16 Å². The molecule has 2 nitrogen and oxygen atoms in total. The van der Waals surface area contributed by atoms with Crippen LogP contribution in [-0.4, -0.2) is 25.6 Å². The standard InChI is InChI=1S/C13H24O2Si/c1-16(2,3)15-12(8-6-9-12)13-10-5-4-7-11(13)14-13/h11H,4-10H2,1-3H3. The molecule has 0 aromatic rings. The molecule has 0 bridgehead atoms. The molecule has 0 N–H and O–H groups in total. The van der Waals surface area contributed by atoms with E-state index in [1.165, 1.54) is 44.9 Å². The largest absolute Gasteiger partial charge is 0.409 e. The van der Waals surface area contributed by atoms with E-state index in [1.807, 2.05) is 0 Å². The third kappa shape index (κ3) is 1.51. The lowest BCUT2D eigenvalue weighted by molar-refractivity contribution is -0.0861. The van der Waals surface area contributed by atoms with E-state index in [0.717, 1.165) is 0 Å². The van der Waals surface area contributed by atoms with Gasteiger partial charge in [0.1, 0.15) is 5.60 Å². The van der Waals surface area contributed by atoms with Crippen molar-refractivity contribution in [1.29, 1.82) is 0 Å².